The van der Waals surface area contributed by atoms with E-state index in [1.165, 1.54) is 4.88 Å². The van der Waals surface area contributed by atoms with Gasteiger partial charge in [-0.3, -0.25) is 4.99 Å². The van der Waals surface area contributed by atoms with Crippen LogP contribution in [-0.2, 0) is 6.42 Å². The van der Waals surface area contributed by atoms with Crippen LogP contribution in [0.4, 0.5) is 0 Å². The third-order valence-corrected chi connectivity index (χ3v) is 4.65. The summed E-state index contributed by atoms with van der Waals surface area (Å²) in [5, 5.41) is 18.1. The van der Waals surface area contributed by atoms with Gasteiger partial charge in [0.25, 0.3) is 0 Å². The third kappa shape index (κ3) is 7.56. The number of thiazole rings is 1. The van der Waals surface area contributed by atoms with E-state index in [4.69, 9.17) is 4.74 Å². The minimum Gasteiger partial charge on any atom is -0.491 e. The van der Waals surface area contributed by atoms with E-state index < -0.39 is 6.10 Å². The van der Waals surface area contributed by atoms with Crippen molar-refractivity contribution in [1.29, 1.82) is 0 Å². The summed E-state index contributed by atoms with van der Waals surface area (Å²) < 4.78 is 5.69. The Kier molecular flexibility index (Phi) is 8.54. The summed E-state index contributed by atoms with van der Waals surface area (Å²) >= 11 is 1.71. The van der Waals surface area contributed by atoms with E-state index in [0.29, 0.717) is 5.96 Å². The maximum Gasteiger partial charge on any atom is 0.191 e. The van der Waals surface area contributed by atoms with E-state index in [2.05, 4.69) is 27.5 Å². The summed E-state index contributed by atoms with van der Waals surface area (Å²) in [5.74, 6) is 1.45. The maximum absolute atomic E-state index is 10.5. The summed E-state index contributed by atoms with van der Waals surface area (Å²) in [4.78, 5) is 10.1. The molecule has 0 spiro atoms. The lowest BCUT2D eigenvalue weighted by atomic mass is 10.1. The summed E-state index contributed by atoms with van der Waals surface area (Å²) in [5.41, 5.74) is 0.797. The fourth-order valence-corrected chi connectivity index (χ4v) is 3.28. The highest BCUT2D eigenvalue weighted by Crippen LogP contribution is 2.20. The normalized spacial score (nSPS) is 12.9. The van der Waals surface area contributed by atoms with Crippen LogP contribution in [0.1, 0.15) is 42.3 Å². The second-order valence-electron chi connectivity index (χ2n) is 6.52. The number of nitrogens with one attached hydrogen (secondary N) is 2. The van der Waals surface area contributed by atoms with Crippen molar-refractivity contribution < 1.29 is 9.84 Å². The molecule has 0 radical (unpaired) electrons. The highest BCUT2D eigenvalue weighted by atomic mass is 32.1. The number of aliphatic imine (C=N–C) groups is 1. The Bertz CT molecular complexity index is 730. The number of aromatic nitrogens is 1. The molecule has 0 fully saturated rings. The van der Waals surface area contributed by atoms with E-state index in [1.54, 1.807) is 11.3 Å². The minimum absolute atomic E-state index is 0.0987. The second kappa shape index (κ2) is 10.9. The first-order valence-electron chi connectivity index (χ1n) is 9.36. The number of guanidine groups is 1. The zero-order valence-electron chi connectivity index (χ0n) is 16.5. The molecule has 1 aromatic heterocycles. The second-order valence-corrected chi connectivity index (χ2v) is 7.84. The molecule has 27 heavy (non-hydrogen) atoms. The minimum atomic E-state index is -0.683. The van der Waals surface area contributed by atoms with Crippen molar-refractivity contribution in [2.45, 2.75) is 46.3 Å². The summed E-state index contributed by atoms with van der Waals surface area (Å²) in [6.45, 7) is 9.82. The van der Waals surface area contributed by atoms with Crippen LogP contribution in [0.2, 0.25) is 0 Å². The average molecular weight is 391 g/mol. The van der Waals surface area contributed by atoms with Crippen LogP contribution in [0.25, 0.3) is 0 Å². The lowest BCUT2D eigenvalue weighted by Crippen LogP contribution is -2.38. The zero-order chi connectivity index (χ0) is 19.6. The van der Waals surface area contributed by atoms with Crippen LogP contribution in [-0.4, -0.2) is 41.8 Å². The quantitative estimate of drug-likeness (QED) is 0.453. The van der Waals surface area contributed by atoms with Crippen LogP contribution < -0.4 is 15.4 Å². The maximum atomic E-state index is 10.5. The van der Waals surface area contributed by atoms with Gasteiger partial charge in [-0.15, -0.1) is 11.3 Å². The van der Waals surface area contributed by atoms with E-state index in [-0.39, 0.29) is 12.6 Å². The van der Waals surface area contributed by atoms with Crippen molar-refractivity contribution >= 4 is 17.3 Å². The SMILES string of the molecule is CCNC(=NCC(O)c1cccc(OC(C)C)c1)NCCc1ncc(C)s1. The molecule has 2 rings (SSSR count). The van der Waals surface area contributed by atoms with Gasteiger partial charge in [-0.05, 0) is 45.4 Å². The van der Waals surface area contributed by atoms with Crippen molar-refractivity contribution in [3.8, 4) is 5.75 Å². The van der Waals surface area contributed by atoms with Crippen LogP contribution in [0, 0.1) is 6.92 Å². The van der Waals surface area contributed by atoms with E-state index >= 15 is 0 Å². The molecule has 1 aromatic carbocycles. The van der Waals surface area contributed by atoms with Gasteiger partial charge in [0.1, 0.15) is 5.75 Å². The van der Waals surface area contributed by atoms with Gasteiger partial charge in [-0.1, -0.05) is 12.1 Å². The van der Waals surface area contributed by atoms with Crippen molar-refractivity contribution in [3.05, 3.63) is 45.9 Å². The first-order valence-corrected chi connectivity index (χ1v) is 10.2. The summed E-state index contributed by atoms with van der Waals surface area (Å²) in [6.07, 6.45) is 2.16. The van der Waals surface area contributed by atoms with Gasteiger partial charge in [0.05, 0.1) is 23.8 Å². The smallest absolute Gasteiger partial charge is 0.191 e. The molecule has 0 aliphatic rings. The zero-order valence-corrected chi connectivity index (χ0v) is 17.3. The number of aliphatic hydroxyl groups excluding tert-OH is 1. The van der Waals surface area contributed by atoms with E-state index in [9.17, 15) is 5.11 Å². The number of ether oxygens (including phenoxy) is 1. The van der Waals surface area contributed by atoms with Crippen LogP contribution in [0.5, 0.6) is 5.75 Å². The highest BCUT2D eigenvalue weighted by molar-refractivity contribution is 7.11. The Labute approximate surface area is 165 Å². The number of nitrogens with zero attached hydrogens (tertiary/aromatic N) is 2. The first-order chi connectivity index (χ1) is 13.0. The number of hydrogen-bond acceptors (Lipinski definition) is 5. The fourth-order valence-electron chi connectivity index (χ4n) is 2.50. The predicted octanol–water partition coefficient (Wildman–Crippen LogP) is 3.07. The molecule has 0 aliphatic heterocycles. The van der Waals surface area contributed by atoms with Crippen molar-refractivity contribution in [2.75, 3.05) is 19.6 Å². The largest absolute Gasteiger partial charge is 0.491 e. The summed E-state index contributed by atoms with van der Waals surface area (Å²) in [7, 11) is 0. The summed E-state index contributed by atoms with van der Waals surface area (Å²) in [6, 6.07) is 7.54. The Hall–Kier alpha value is -2.12. The molecule has 1 heterocycles. The van der Waals surface area contributed by atoms with Gasteiger partial charge in [-0.2, -0.15) is 0 Å². The van der Waals surface area contributed by atoms with Gasteiger partial charge in [0.2, 0.25) is 0 Å². The van der Waals surface area contributed by atoms with E-state index in [1.807, 2.05) is 51.2 Å². The van der Waals surface area contributed by atoms with Crippen molar-refractivity contribution in [1.82, 2.24) is 15.6 Å². The van der Waals surface area contributed by atoms with Crippen LogP contribution in [0.3, 0.4) is 0 Å². The molecule has 0 bridgehead atoms. The molecular weight excluding hydrogens is 360 g/mol. The third-order valence-electron chi connectivity index (χ3n) is 3.68. The molecule has 6 nitrogen and oxygen atoms in total. The molecule has 148 valence electrons. The first kappa shape index (κ1) is 21.2. The molecule has 0 saturated heterocycles. The number of rotatable bonds is 9. The van der Waals surface area contributed by atoms with Gasteiger partial charge in [-0.25, -0.2) is 4.98 Å². The predicted molar refractivity (Wildman–Crippen MR) is 112 cm³/mol. The molecule has 1 unspecified atom stereocenters. The average Bonchev–Trinajstić information content (AvgIpc) is 3.04. The lowest BCUT2D eigenvalue weighted by molar-refractivity contribution is 0.185. The number of aryl methyl sites for hydroxylation is 1. The van der Waals surface area contributed by atoms with Gasteiger partial charge >= 0.3 is 0 Å². The van der Waals surface area contributed by atoms with Crippen LogP contribution in [0.15, 0.2) is 35.5 Å². The molecular formula is C20H30N4O2S. The molecule has 0 saturated carbocycles. The van der Waals surface area contributed by atoms with Crippen LogP contribution >= 0.6 is 11.3 Å². The molecule has 1 atom stereocenters. The Morgan fingerprint density at radius 3 is 2.81 bits per heavy atom. The number of hydrogen-bond donors (Lipinski definition) is 3. The van der Waals surface area contributed by atoms with E-state index in [0.717, 1.165) is 35.8 Å². The number of benzene rings is 1. The Balaban J connectivity index is 1.90. The number of aliphatic hydroxyl groups is 1. The fraction of sp³-hybridized carbons (Fsp3) is 0.500. The monoisotopic (exact) mass is 390 g/mol. The topological polar surface area (TPSA) is 78.8 Å². The molecule has 7 heteroatoms. The van der Waals surface area contributed by atoms with Crippen molar-refractivity contribution in [2.24, 2.45) is 4.99 Å². The molecule has 0 aliphatic carbocycles. The van der Waals surface area contributed by atoms with Gasteiger partial charge in [0, 0.05) is 30.6 Å². The van der Waals surface area contributed by atoms with Gasteiger partial charge < -0.3 is 20.5 Å². The lowest BCUT2D eigenvalue weighted by Gasteiger charge is -2.15. The molecule has 3 N–H and O–H groups in total. The van der Waals surface area contributed by atoms with Crippen molar-refractivity contribution in [3.63, 3.8) is 0 Å². The highest BCUT2D eigenvalue weighted by Gasteiger charge is 2.09. The standard InChI is InChI=1S/C20H30N4O2S/c1-5-21-20(22-10-9-19-23-12-15(4)27-19)24-13-18(25)16-7-6-8-17(11-16)26-14(2)3/h6-8,11-12,14,18,25H,5,9-10,13H2,1-4H3,(H2,21,22,24). The Morgan fingerprint density at radius 2 is 2.15 bits per heavy atom. The molecule has 2 aromatic rings. The van der Waals surface area contributed by atoms with Gasteiger partial charge in [0.15, 0.2) is 5.96 Å². The Morgan fingerprint density at radius 1 is 1.33 bits per heavy atom. The molecule has 0 amide bonds.